The van der Waals surface area contributed by atoms with E-state index in [1.54, 1.807) is 0 Å². The van der Waals surface area contributed by atoms with Crippen LogP contribution < -0.4 is 10.6 Å². The molecule has 0 fully saturated rings. The minimum atomic E-state index is -4.80. The Hall–Kier alpha value is -2.37. The molecule has 12 heteroatoms. The van der Waals surface area contributed by atoms with Gasteiger partial charge in [-0.05, 0) is 19.3 Å². The van der Waals surface area contributed by atoms with Gasteiger partial charge < -0.3 is 15.7 Å². The number of nitrogens with zero attached hydrogens (tertiary/aromatic N) is 3. The highest BCUT2D eigenvalue weighted by molar-refractivity contribution is 5.65. The largest absolute Gasteiger partial charge is 0.430 e. The lowest BCUT2D eigenvalue weighted by molar-refractivity contribution is -0.0899. The molecule has 0 saturated carbocycles. The van der Waals surface area contributed by atoms with Crippen LogP contribution >= 0.6 is 0 Å². The van der Waals surface area contributed by atoms with E-state index in [0.29, 0.717) is 6.42 Å². The molecular weight excluding hydrogens is 380 g/mol. The summed E-state index contributed by atoms with van der Waals surface area (Å²) >= 11 is 0. The maximum absolute atomic E-state index is 14.2. The predicted molar refractivity (Wildman–Crippen MR) is 85.9 cm³/mol. The summed E-state index contributed by atoms with van der Waals surface area (Å²) in [5, 5.41) is 13.7. The smallest absolute Gasteiger partial charge is 0.386 e. The third-order valence-electron chi connectivity index (χ3n) is 3.70. The topological polar surface area (TPSA) is 83.0 Å². The molecule has 1 aliphatic carbocycles. The van der Waals surface area contributed by atoms with Crippen molar-refractivity contribution in [2.45, 2.75) is 37.6 Å². The highest BCUT2D eigenvalue weighted by Crippen LogP contribution is 2.33. The zero-order valence-electron chi connectivity index (χ0n) is 14.0. The number of aliphatic hydroxyl groups is 1. The first-order valence-electron chi connectivity index (χ1n) is 7.90. The number of hydrogen-bond donors (Lipinski definition) is 3. The van der Waals surface area contributed by atoms with Crippen molar-refractivity contribution in [1.82, 2.24) is 15.0 Å². The molecule has 1 atom stereocenters. The molecule has 1 aliphatic rings. The first kappa shape index (κ1) is 20.9. The lowest BCUT2D eigenvalue weighted by atomic mass is 9.96. The molecule has 0 aromatic carbocycles. The number of rotatable bonds is 7. The molecule has 27 heavy (non-hydrogen) atoms. The molecule has 3 N–H and O–H groups in total. The Morgan fingerprint density at radius 2 is 1.81 bits per heavy atom. The summed E-state index contributed by atoms with van der Waals surface area (Å²) in [4.78, 5) is 11.2. The van der Waals surface area contributed by atoms with Crippen LogP contribution in [0, 0.1) is 0 Å². The molecule has 0 saturated heterocycles. The lowest BCUT2D eigenvalue weighted by Crippen LogP contribution is -2.26. The molecule has 0 aliphatic heterocycles. The van der Waals surface area contributed by atoms with E-state index in [9.17, 15) is 31.4 Å². The Balaban J connectivity index is 2.44. The Morgan fingerprint density at radius 3 is 2.41 bits per heavy atom. The second-order valence-electron chi connectivity index (χ2n) is 5.79. The van der Waals surface area contributed by atoms with Gasteiger partial charge in [-0.15, -0.1) is 0 Å². The summed E-state index contributed by atoms with van der Waals surface area (Å²) < 4.78 is 77.7. The first-order chi connectivity index (χ1) is 12.7. The number of anilines is 2. The van der Waals surface area contributed by atoms with Crippen LogP contribution in [0.4, 0.5) is 38.2 Å². The van der Waals surface area contributed by atoms with Crippen LogP contribution in [0.3, 0.4) is 0 Å². The summed E-state index contributed by atoms with van der Waals surface area (Å²) in [5.74, 6) is -2.34. The van der Waals surface area contributed by atoms with Crippen molar-refractivity contribution in [3.8, 4) is 0 Å². The molecular formula is C15H17F6N5O. The lowest BCUT2D eigenvalue weighted by Gasteiger charge is -2.20. The summed E-state index contributed by atoms with van der Waals surface area (Å²) in [6.45, 7) is 0.543. The number of allylic oxidation sites excluding steroid dienone is 2. The average molecular weight is 397 g/mol. The van der Waals surface area contributed by atoms with Gasteiger partial charge in [0.15, 0.2) is 5.82 Å². The standard InChI is InChI=1S/C15H17F6N5O/c1-7(15(19,20)21)22-13-24-12(9-3-2-4-10(27)11(9)18)25-14(26-13)23-8(5-16)6-17/h8,10,27H,1-6H2,(H2,22,23,24,25,26). The highest BCUT2D eigenvalue weighted by Gasteiger charge is 2.33. The third kappa shape index (κ3) is 5.31. The van der Waals surface area contributed by atoms with Gasteiger partial charge in [0, 0.05) is 5.57 Å². The van der Waals surface area contributed by atoms with Crippen molar-refractivity contribution in [3.05, 3.63) is 23.9 Å². The molecule has 1 aromatic rings. The van der Waals surface area contributed by atoms with Crippen LogP contribution in [0.25, 0.3) is 5.57 Å². The van der Waals surface area contributed by atoms with Gasteiger partial charge in [0.25, 0.3) is 0 Å². The van der Waals surface area contributed by atoms with E-state index in [1.807, 2.05) is 5.32 Å². The van der Waals surface area contributed by atoms with Crippen molar-refractivity contribution in [2.24, 2.45) is 0 Å². The summed E-state index contributed by atoms with van der Waals surface area (Å²) in [7, 11) is 0. The SMILES string of the molecule is C=C(Nc1nc(NC(CF)CF)nc(C2=C(F)C(O)CCC2)n1)C(F)(F)F. The first-order valence-corrected chi connectivity index (χ1v) is 7.90. The molecule has 2 rings (SSSR count). The minimum absolute atomic E-state index is 0.114. The molecule has 150 valence electrons. The number of alkyl halides is 5. The Kier molecular flexibility index (Phi) is 6.63. The van der Waals surface area contributed by atoms with Crippen molar-refractivity contribution in [3.63, 3.8) is 0 Å². The summed E-state index contributed by atoms with van der Waals surface area (Å²) in [6.07, 6.45) is -5.48. The number of aliphatic hydroxyl groups excluding tert-OH is 1. The Bertz CT molecular complexity index is 719. The van der Waals surface area contributed by atoms with E-state index in [1.165, 1.54) is 0 Å². The van der Waals surface area contributed by atoms with E-state index >= 15 is 0 Å². The quantitative estimate of drug-likeness (QED) is 0.613. The molecule has 0 spiro atoms. The molecule has 1 aromatic heterocycles. The average Bonchev–Trinajstić information content (AvgIpc) is 2.61. The van der Waals surface area contributed by atoms with Gasteiger partial charge in [-0.1, -0.05) is 6.58 Å². The van der Waals surface area contributed by atoms with E-state index < -0.39 is 55.1 Å². The van der Waals surface area contributed by atoms with Gasteiger partial charge >= 0.3 is 6.18 Å². The van der Waals surface area contributed by atoms with Crippen molar-refractivity contribution < 1.29 is 31.4 Å². The summed E-state index contributed by atoms with van der Waals surface area (Å²) in [5.41, 5.74) is -1.51. The maximum Gasteiger partial charge on any atom is 0.430 e. The molecule has 1 heterocycles. The van der Waals surface area contributed by atoms with Gasteiger partial charge in [-0.2, -0.15) is 28.1 Å². The van der Waals surface area contributed by atoms with Crippen LogP contribution in [-0.2, 0) is 0 Å². The minimum Gasteiger partial charge on any atom is -0.386 e. The Morgan fingerprint density at radius 1 is 1.19 bits per heavy atom. The van der Waals surface area contributed by atoms with Crippen LogP contribution in [0.15, 0.2) is 18.1 Å². The molecule has 0 bridgehead atoms. The van der Waals surface area contributed by atoms with Crippen LogP contribution in [-0.4, -0.2) is 51.7 Å². The maximum atomic E-state index is 14.2. The van der Waals surface area contributed by atoms with Crippen LogP contribution in [0.1, 0.15) is 25.1 Å². The van der Waals surface area contributed by atoms with E-state index in [0.717, 1.165) is 0 Å². The second kappa shape index (κ2) is 8.55. The van der Waals surface area contributed by atoms with E-state index in [4.69, 9.17) is 0 Å². The van der Waals surface area contributed by atoms with Gasteiger partial charge in [-0.3, -0.25) is 0 Å². The van der Waals surface area contributed by atoms with Crippen molar-refractivity contribution >= 4 is 17.5 Å². The van der Waals surface area contributed by atoms with Gasteiger partial charge in [-0.25, -0.2) is 13.2 Å². The third-order valence-corrected chi connectivity index (χ3v) is 3.70. The van der Waals surface area contributed by atoms with Crippen LogP contribution in [0.2, 0.25) is 0 Å². The van der Waals surface area contributed by atoms with Crippen LogP contribution in [0.5, 0.6) is 0 Å². The fraction of sp³-hybridized carbons (Fsp3) is 0.533. The van der Waals surface area contributed by atoms with Gasteiger partial charge in [0.2, 0.25) is 11.9 Å². The number of hydrogen-bond acceptors (Lipinski definition) is 6. The van der Waals surface area contributed by atoms with Gasteiger partial charge in [0.1, 0.15) is 31.0 Å². The zero-order chi connectivity index (χ0) is 20.2. The molecule has 1 unspecified atom stereocenters. The predicted octanol–water partition coefficient (Wildman–Crippen LogP) is 3.30. The van der Waals surface area contributed by atoms with Crippen molar-refractivity contribution in [1.29, 1.82) is 0 Å². The number of halogens is 6. The van der Waals surface area contributed by atoms with E-state index in [2.05, 4.69) is 26.8 Å². The van der Waals surface area contributed by atoms with Gasteiger partial charge in [0.05, 0.1) is 6.04 Å². The normalized spacial score (nSPS) is 18.0. The molecule has 6 nitrogen and oxygen atoms in total. The second-order valence-corrected chi connectivity index (χ2v) is 5.79. The number of nitrogens with one attached hydrogen (secondary N) is 2. The molecule has 0 amide bonds. The fourth-order valence-corrected chi connectivity index (χ4v) is 2.28. The highest BCUT2D eigenvalue weighted by atomic mass is 19.4. The molecule has 0 radical (unpaired) electrons. The number of aromatic nitrogens is 3. The van der Waals surface area contributed by atoms with E-state index in [-0.39, 0.29) is 24.2 Å². The Labute approximate surface area is 150 Å². The monoisotopic (exact) mass is 397 g/mol. The fourth-order valence-electron chi connectivity index (χ4n) is 2.28. The zero-order valence-corrected chi connectivity index (χ0v) is 14.0. The van der Waals surface area contributed by atoms with Crippen molar-refractivity contribution in [2.75, 3.05) is 24.0 Å². The summed E-state index contributed by atoms with van der Waals surface area (Å²) in [6, 6.07) is -1.34.